The van der Waals surface area contributed by atoms with Gasteiger partial charge in [-0.25, -0.2) is 0 Å². The molecular weight excluding hydrogens is 198 g/mol. The normalized spacial score (nSPS) is 13.3. The summed E-state index contributed by atoms with van der Waals surface area (Å²) in [6.45, 7) is 11.8. The maximum Gasteiger partial charge on any atom is 0.0489 e. The summed E-state index contributed by atoms with van der Waals surface area (Å²) in [6, 6.07) is 0.664. The van der Waals surface area contributed by atoms with E-state index in [2.05, 4.69) is 33.0 Å². The van der Waals surface area contributed by atoms with Gasteiger partial charge in [-0.1, -0.05) is 40.0 Å². The Morgan fingerprint density at radius 2 is 1.81 bits per heavy atom. The van der Waals surface area contributed by atoms with E-state index in [9.17, 15) is 0 Å². The Morgan fingerprint density at radius 1 is 1.06 bits per heavy atom. The largest absolute Gasteiger partial charge is 0.381 e. The van der Waals surface area contributed by atoms with Gasteiger partial charge in [0.2, 0.25) is 0 Å². The van der Waals surface area contributed by atoms with E-state index in [-0.39, 0.29) is 0 Å². The van der Waals surface area contributed by atoms with E-state index < -0.39 is 0 Å². The summed E-state index contributed by atoms with van der Waals surface area (Å²) < 4.78 is 5.54. The van der Waals surface area contributed by atoms with Crippen molar-refractivity contribution in [1.29, 1.82) is 0 Å². The highest BCUT2D eigenvalue weighted by Crippen LogP contribution is 2.02. The van der Waals surface area contributed by atoms with E-state index in [4.69, 9.17) is 4.74 Å². The predicted octanol–water partition coefficient (Wildman–Crippen LogP) is 3.61. The first-order valence-electron chi connectivity index (χ1n) is 6.98. The second-order valence-electron chi connectivity index (χ2n) is 5.17. The van der Waals surface area contributed by atoms with Crippen LogP contribution in [0, 0.1) is 5.92 Å². The third kappa shape index (κ3) is 12.0. The van der Waals surface area contributed by atoms with Crippen molar-refractivity contribution in [2.75, 3.05) is 19.8 Å². The zero-order chi connectivity index (χ0) is 12.2. The van der Waals surface area contributed by atoms with Gasteiger partial charge in [-0.2, -0.15) is 0 Å². The fourth-order valence-corrected chi connectivity index (χ4v) is 1.64. The van der Waals surface area contributed by atoms with Crippen molar-refractivity contribution in [2.45, 2.75) is 65.8 Å². The summed E-state index contributed by atoms with van der Waals surface area (Å²) in [4.78, 5) is 0. The molecule has 1 N–H and O–H groups in total. The molecular formula is C14H31NO. The fourth-order valence-electron chi connectivity index (χ4n) is 1.64. The van der Waals surface area contributed by atoms with Crippen LogP contribution in [0.15, 0.2) is 0 Å². The van der Waals surface area contributed by atoms with Gasteiger partial charge in [-0.15, -0.1) is 0 Å². The topological polar surface area (TPSA) is 21.3 Å². The summed E-state index contributed by atoms with van der Waals surface area (Å²) in [5.41, 5.74) is 0. The molecule has 0 amide bonds. The molecule has 0 spiro atoms. The van der Waals surface area contributed by atoms with Gasteiger partial charge in [0.25, 0.3) is 0 Å². The molecule has 0 aliphatic heterocycles. The van der Waals surface area contributed by atoms with Gasteiger partial charge < -0.3 is 10.1 Å². The molecule has 2 nitrogen and oxygen atoms in total. The van der Waals surface area contributed by atoms with Gasteiger partial charge in [0.1, 0.15) is 0 Å². The summed E-state index contributed by atoms with van der Waals surface area (Å²) in [7, 11) is 0. The molecule has 0 aliphatic carbocycles. The second-order valence-corrected chi connectivity index (χ2v) is 5.17. The standard InChI is InChI=1S/C14H31NO/c1-5-6-7-9-14(4)15-10-8-11-16-12-13(2)3/h13-15H,5-12H2,1-4H3. The molecule has 1 unspecified atom stereocenters. The first-order chi connectivity index (χ1) is 7.66. The number of nitrogens with one attached hydrogen (secondary N) is 1. The monoisotopic (exact) mass is 229 g/mol. The smallest absolute Gasteiger partial charge is 0.0489 e. The van der Waals surface area contributed by atoms with Crippen LogP contribution in [0.5, 0.6) is 0 Å². The Labute approximate surface area is 102 Å². The molecule has 0 aromatic carbocycles. The number of unbranched alkanes of at least 4 members (excludes halogenated alkanes) is 2. The third-order valence-electron chi connectivity index (χ3n) is 2.65. The highest BCUT2D eigenvalue weighted by Gasteiger charge is 2.00. The lowest BCUT2D eigenvalue weighted by molar-refractivity contribution is 0.107. The van der Waals surface area contributed by atoms with E-state index in [0.717, 1.165) is 26.2 Å². The first kappa shape index (κ1) is 15.9. The third-order valence-corrected chi connectivity index (χ3v) is 2.65. The van der Waals surface area contributed by atoms with Crippen LogP contribution in [0.25, 0.3) is 0 Å². The van der Waals surface area contributed by atoms with E-state index >= 15 is 0 Å². The molecule has 0 rings (SSSR count). The number of hydrogen-bond acceptors (Lipinski definition) is 2. The minimum Gasteiger partial charge on any atom is -0.381 e. The highest BCUT2D eigenvalue weighted by atomic mass is 16.5. The Balaban J connectivity index is 3.12. The van der Waals surface area contributed by atoms with Crippen molar-refractivity contribution in [1.82, 2.24) is 5.32 Å². The Bertz CT molecular complexity index is 137. The fraction of sp³-hybridized carbons (Fsp3) is 1.00. The van der Waals surface area contributed by atoms with Gasteiger partial charge in [-0.3, -0.25) is 0 Å². The number of ether oxygens (including phenoxy) is 1. The molecule has 0 saturated carbocycles. The first-order valence-corrected chi connectivity index (χ1v) is 6.98. The number of rotatable bonds is 11. The lowest BCUT2D eigenvalue weighted by Gasteiger charge is -2.13. The Morgan fingerprint density at radius 3 is 2.44 bits per heavy atom. The van der Waals surface area contributed by atoms with Crippen LogP contribution < -0.4 is 5.32 Å². The molecule has 98 valence electrons. The quantitative estimate of drug-likeness (QED) is 0.547. The minimum absolute atomic E-state index is 0.654. The second kappa shape index (κ2) is 11.4. The summed E-state index contributed by atoms with van der Waals surface area (Å²) in [5.74, 6) is 0.654. The molecule has 0 aliphatic rings. The van der Waals surface area contributed by atoms with Crippen LogP contribution in [0.1, 0.15) is 59.8 Å². The maximum absolute atomic E-state index is 5.54. The molecule has 0 aromatic heterocycles. The van der Waals surface area contributed by atoms with E-state index in [1.54, 1.807) is 0 Å². The van der Waals surface area contributed by atoms with Crippen LogP contribution in [0.4, 0.5) is 0 Å². The van der Waals surface area contributed by atoms with E-state index in [1.165, 1.54) is 25.7 Å². The Kier molecular flexibility index (Phi) is 11.3. The highest BCUT2D eigenvalue weighted by molar-refractivity contribution is 4.60. The zero-order valence-electron chi connectivity index (χ0n) is 11.7. The van der Waals surface area contributed by atoms with Crippen molar-refractivity contribution < 1.29 is 4.74 Å². The van der Waals surface area contributed by atoms with Crippen LogP contribution in [-0.2, 0) is 4.74 Å². The average molecular weight is 229 g/mol. The SMILES string of the molecule is CCCCCC(C)NCCCOCC(C)C. The van der Waals surface area contributed by atoms with Crippen LogP contribution >= 0.6 is 0 Å². The molecule has 1 atom stereocenters. The lowest BCUT2D eigenvalue weighted by Crippen LogP contribution is -2.27. The summed E-state index contributed by atoms with van der Waals surface area (Å²) in [5, 5.41) is 3.55. The van der Waals surface area contributed by atoms with Crippen molar-refractivity contribution >= 4 is 0 Å². The van der Waals surface area contributed by atoms with E-state index in [1.807, 2.05) is 0 Å². The van der Waals surface area contributed by atoms with Crippen molar-refractivity contribution in [3.63, 3.8) is 0 Å². The van der Waals surface area contributed by atoms with Crippen LogP contribution in [0.2, 0.25) is 0 Å². The summed E-state index contributed by atoms with van der Waals surface area (Å²) in [6.07, 6.45) is 6.47. The average Bonchev–Trinajstić information content (AvgIpc) is 2.23. The van der Waals surface area contributed by atoms with Crippen LogP contribution in [0.3, 0.4) is 0 Å². The van der Waals surface area contributed by atoms with Crippen molar-refractivity contribution in [2.24, 2.45) is 5.92 Å². The van der Waals surface area contributed by atoms with Crippen molar-refractivity contribution in [3.8, 4) is 0 Å². The number of hydrogen-bond donors (Lipinski definition) is 1. The van der Waals surface area contributed by atoms with Gasteiger partial charge in [0.15, 0.2) is 0 Å². The molecule has 0 radical (unpaired) electrons. The molecule has 0 bridgehead atoms. The molecule has 2 heteroatoms. The molecule has 0 aromatic rings. The molecule has 0 heterocycles. The molecule has 0 fully saturated rings. The van der Waals surface area contributed by atoms with Gasteiger partial charge in [0, 0.05) is 19.3 Å². The van der Waals surface area contributed by atoms with Gasteiger partial charge in [0.05, 0.1) is 0 Å². The molecule has 16 heavy (non-hydrogen) atoms. The maximum atomic E-state index is 5.54. The minimum atomic E-state index is 0.654. The van der Waals surface area contributed by atoms with E-state index in [0.29, 0.717) is 12.0 Å². The van der Waals surface area contributed by atoms with Gasteiger partial charge in [-0.05, 0) is 32.2 Å². The lowest BCUT2D eigenvalue weighted by atomic mass is 10.1. The van der Waals surface area contributed by atoms with Gasteiger partial charge >= 0.3 is 0 Å². The van der Waals surface area contributed by atoms with Crippen molar-refractivity contribution in [3.05, 3.63) is 0 Å². The Hall–Kier alpha value is -0.0800. The van der Waals surface area contributed by atoms with Crippen LogP contribution in [-0.4, -0.2) is 25.8 Å². The predicted molar refractivity (Wildman–Crippen MR) is 71.9 cm³/mol. The summed E-state index contributed by atoms with van der Waals surface area (Å²) >= 11 is 0. The molecule has 0 saturated heterocycles. The zero-order valence-corrected chi connectivity index (χ0v) is 11.7.